The molecule has 0 spiro atoms. The molecule has 0 fully saturated rings. The summed E-state index contributed by atoms with van der Waals surface area (Å²) in [5.74, 6) is 0. The minimum atomic E-state index is 0. The van der Waals surface area contributed by atoms with Gasteiger partial charge >= 0.3 is 42.0 Å². The van der Waals surface area contributed by atoms with E-state index in [4.69, 9.17) is 0 Å². The SMILES string of the molecule is [Co].[GeH4].[SbH3].[Te]. The molecule has 0 nitrogen and oxygen atoms in total. The van der Waals surface area contributed by atoms with Crippen molar-refractivity contribution >= 4 is 65.7 Å². The van der Waals surface area contributed by atoms with E-state index in [-0.39, 0.29) is 82.5 Å². The molecular weight excluding hydrogens is 381 g/mol. The Bertz CT molecular complexity index is 8.00. The average Bonchev–Trinajstić information content (AvgIpc) is 0. The molecule has 0 unspecified atom stereocenters. The van der Waals surface area contributed by atoms with Crippen LogP contribution >= 0.6 is 0 Å². The van der Waals surface area contributed by atoms with Crippen molar-refractivity contribution in [3.05, 3.63) is 0 Å². The zero-order valence-electron chi connectivity index (χ0n) is 1.45. The Kier molecular flexibility index (Phi) is 131. The van der Waals surface area contributed by atoms with Gasteiger partial charge in [0.2, 0.25) is 0 Å². The molecule has 0 heterocycles. The Morgan fingerprint density at radius 3 is 1.00 bits per heavy atom. The van der Waals surface area contributed by atoms with Crippen molar-refractivity contribution in [1.82, 2.24) is 0 Å². The third kappa shape index (κ3) is 8.82. The second kappa shape index (κ2) is 17.4. The van der Waals surface area contributed by atoms with Crippen molar-refractivity contribution < 1.29 is 16.8 Å². The summed E-state index contributed by atoms with van der Waals surface area (Å²) in [5.41, 5.74) is 0. The van der Waals surface area contributed by atoms with Crippen LogP contribution < -0.4 is 0 Å². The average molecular weight is 388 g/mol. The van der Waals surface area contributed by atoms with Gasteiger partial charge in [-0.15, -0.1) is 0 Å². The van der Waals surface area contributed by atoms with Gasteiger partial charge < -0.3 is 0 Å². The van der Waals surface area contributed by atoms with Crippen LogP contribution in [0.15, 0.2) is 0 Å². The van der Waals surface area contributed by atoms with Crippen molar-refractivity contribution in [3.8, 4) is 0 Å². The molecule has 0 aliphatic rings. The van der Waals surface area contributed by atoms with Crippen LogP contribution in [0.2, 0.25) is 0 Å². The maximum atomic E-state index is 0. The van der Waals surface area contributed by atoms with Crippen LogP contribution in [0.3, 0.4) is 0 Å². The van der Waals surface area contributed by atoms with Crippen molar-refractivity contribution in [3.63, 3.8) is 0 Å². The third-order valence-corrected chi connectivity index (χ3v) is 0. The molecule has 0 saturated carbocycles. The van der Waals surface area contributed by atoms with E-state index < -0.39 is 0 Å². The largest absolute Gasteiger partial charge is 0 e. The van der Waals surface area contributed by atoms with Gasteiger partial charge in [-0.3, -0.25) is 0 Å². The normalized spacial score (nSPS) is 0. The number of hydrogen-bond donors (Lipinski definition) is 0. The van der Waals surface area contributed by atoms with E-state index in [2.05, 4.69) is 0 Å². The molecule has 0 rings (SSSR count). The number of hydrogen-bond acceptors (Lipinski definition) is 0. The van der Waals surface area contributed by atoms with Crippen molar-refractivity contribution in [2.24, 2.45) is 0 Å². The van der Waals surface area contributed by atoms with Gasteiger partial charge in [-0.1, -0.05) is 0 Å². The van der Waals surface area contributed by atoms with Gasteiger partial charge in [0, 0.05) is 40.4 Å². The van der Waals surface area contributed by atoms with Crippen LogP contribution in [0.25, 0.3) is 0 Å². The van der Waals surface area contributed by atoms with E-state index >= 15 is 0 Å². The van der Waals surface area contributed by atoms with Crippen LogP contribution in [-0.4, -0.2) is 65.7 Å². The van der Waals surface area contributed by atoms with E-state index in [9.17, 15) is 0 Å². The zero-order valence-corrected chi connectivity index (χ0v) is 8.86. The fourth-order valence-electron chi connectivity index (χ4n) is 0. The predicted molar refractivity (Wildman–Crippen MR) is 27.0 cm³/mol. The molecule has 0 aromatic carbocycles. The Labute approximate surface area is 81.2 Å². The quantitative estimate of drug-likeness (QED) is 0.388. The maximum absolute atomic E-state index is 0. The summed E-state index contributed by atoms with van der Waals surface area (Å²) in [4.78, 5) is 0. The van der Waals surface area contributed by atoms with Crippen LogP contribution in [0, 0.1) is 0 Å². The Hall–Kier alpha value is 2.66. The van der Waals surface area contributed by atoms with Crippen LogP contribution in [0.4, 0.5) is 0 Å². The topological polar surface area (TPSA) is 0 Å². The fraction of sp³-hybridized carbons (Fsp3) is 0. The standard InChI is InChI=1S/Co.GeH4.Sb.Te.3H/h;1H4;;;;;. The first-order valence-corrected chi connectivity index (χ1v) is 0. The summed E-state index contributed by atoms with van der Waals surface area (Å²) in [6.45, 7) is 0. The van der Waals surface area contributed by atoms with Gasteiger partial charge in [0.05, 0.1) is 0 Å². The molecule has 4 heavy (non-hydrogen) atoms. The summed E-state index contributed by atoms with van der Waals surface area (Å²) in [5, 5.41) is 0. The summed E-state index contributed by atoms with van der Waals surface area (Å²) in [6.07, 6.45) is 0. The minimum absolute atomic E-state index is 0. The molecule has 31 valence electrons. The van der Waals surface area contributed by atoms with Crippen LogP contribution in [0.1, 0.15) is 0 Å². The first-order valence-electron chi connectivity index (χ1n) is 0. The summed E-state index contributed by atoms with van der Waals surface area (Å²) < 4.78 is 0. The van der Waals surface area contributed by atoms with Gasteiger partial charge in [0.15, 0.2) is 0 Å². The molecule has 3 radical (unpaired) electrons. The molecule has 0 saturated heterocycles. The van der Waals surface area contributed by atoms with Gasteiger partial charge in [0.1, 0.15) is 0 Å². The first kappa shape index (κ1) is 30.2. The molecule has 0 aromatic rings. The Morgan fingerprint density at radius 2 is 1.00 bits per heavy atom. The van der Waals surface area contributed by atoms with E-state index in [0.29, 0.717) is 0 Å². The fourth-order valence-corrected chi connectivity index (χ4v) is 0. The van der Waals surface area contributed by atoms with Gasteiger partial charge in [-0.25, -0.2) is 0 Å². The van der Waals surface area contributed by atoms with Crippen molar-refractivity contribution in [2.45, 2.75) is 0 Å². The third-order valence-electron chi connectivity index (χ3n) is 0. The van der Waals surface area contributed by atoms with Crippen LogP contribution in [0.5, 0.6) is 0 Å². The van der Waals surface area contributed by atoms with E-state index in [0.717, 1.165) is 0 Å². The van der Waals surface area contributed by atoms with E-state index in [1.54, 1.807) is 0 Å². The van der Waals surface area contributed by atoms with Gasteiger partial charge in [-0.05, 0) is 0 Å². The smallest absolute Gasteiger partial charge is 0 e. The van der Waals surface area contributed by atoms with Gasteiger partial charge in [0.25, 0.3) is 0 Å². The molecule has 0 aliphatic carbocycles. The first-order chi connectivity index (χ1) is 0. The van der Waals surface area contributed by atoms with Gasteiger partial charge in [-0.2, -0.15) is 0 Å². The molecular formula is H7CoGeSbTe. The molecule has 0 bridgehead atoms. The molecule has 4 heteroatoms. The van der Waals surface area contributed by atoms with Crippen molar-refractivity contribution in [2.75, 3.05) is 0 Å². The molecule has 0 aliphatic heterocycles. The van der Waals surface area contributed by atoms with Crippen molar-refractivity contribution in [1.29, 1.82) is 0 Å². The van der Waals surface area contributed by atoms with Crippen LogP contribution in [-0.2, 0) is 16.8 Å². The predicted octanol–water partition coefficient (Wildman–Crippen LogP) is -3.02. The zero-order chi connectivity index (χ0) is 0. The molecule has 0 aromatic heterocycles. The number of rotatable bonds is 0. The maximum Gasteiger partial charge on any atom is 0 e. The summed E-state index contributed by atoms with van der Waals surface area (Å²) in [7, 11) is 0. The monoisotopic (exact) mass is 391 g/mol. The molecule has 0 N–H and O–H groups in total. The van der Waals surface area contributed by atoms with E-state index in [1.165, 1.54) is 0 Å². The second-order valence-corrected chi connectivity index (χ2v) is 0. The minimum Gasteiger partial charge on any atom is 0 e. The summed E-state index contributed by atoms with van der Waals surface area (Å²) in [6, 6.07) is 0. The molecule has 0 amide bonds. The Morgan fingerprint density at radius 1 is 1.00 bits per heavy atom. The second-order valence-electron chi connectivity index (χ2n) is 0. The molecule has 0 atom stereocenters. The summed E-state index contributed by atoms with van der Waals surface area (Å²) >= 11 is 0. The van der Waals surface area contributed by atoms with E-state index in [1.807, 2.05) is 0 Å². The Balaban J connectivity index is 0.